The third kappa shape index (κ3) is 2.50. The van der Waals surface area contributed by atoms with Gasteiger partial charge in [0.1, 0.15) is 0 Å². The van der Waals surface area contributed by atoms with Gasteiger partial charge in [0.25, 0.3) is 0 Å². The molecule has 2 aromatic rings. The number of likely N-dealkylation sites (N-methyl/N-ethyl adjacent to an activating group) is 1. The zero-order chi connectivity index (χ0) is 16.7. The molecule has 0 spiro atoms. The molecule has 0 radical (unpaired) electrons. The average molecular weight is 323 g/mol. The second-order valence-corrected chi connectivity index (χ2v) is 6.74. The Labute approximate surface area is 141 Å². The number of nitrogens with one attached hydrogen (secondary N) is 1. The molecule has 0 saturated carbocycles. The summed E-state index contributed by atoms with van der Waals surface area (Å²) in [7, 11) is 1.85. The molecule has 24 heavy (non-hydrogen) atoms. The van der Waals surface area contributed by atoms with E-state index in [2.05, 4.69) is 5.32 Å². The summed E-state index contributed by atoms with van der Waals surface area (Å²) in [6, 6.07) is 13.9. The fourth-order valence-electron chi connectivity index (χ4n) is 3.85. The van der Waals surface area contributed by atoms with Crippen LogP contribution in [0, 0.1) is 5.92 Å². The summed E-state index contributed by atoms with van der Waals surface area (Å²) in [5.74, 6) is 0.110. The van der Waals surface area contributed by atoms with E-state index in [9.17, 15) is 9.59 Å². The number of urea groups is 1. The van der Waals surface area contributed by atoms with E-state index in [-0.39, 0.29) is 23.9 Å². The lowest BCUT2D eigenvalue weighted by Crippen LogP contribution is -2.45. The van der Waals surface area contributed by atoms with Crippen molar-refractivity contribution in [1.82, 2.24) is 9.80 Å². The Hall–Kier alpha value is -2.56. The summed E-state index contributed by atoms with van der Waals surface area (Å²) in [4.78, 5) is 28.7. The van der Waals surface area contributed by atoms with Gasteiger partial charge < -0.3 is 15.1 Å². The molecule has 0 unspecified atom stereocenters. The molecule has 3 heterocycles. The number of nitrogens with zero attached hydrogens (tertiary/aromatic N) is 2. The molecule has 3 amide bonds. The van der Waals surface area contributed by atoms with Gasteiger partial charge in [0.2, 0.25) is 5.91 Å². The van der Waals surface area contributed by atoms with Gasteiger partial charge in [-0.1, -0.05) is 36.4 Å². The summed E-state index contributed by atoms with van der Waals surface area (Å²) < 4.78 is 0. The predicted octanol–water partition coefficient (Wildman–Crippen LogP) is 2.92. The lowest BCUT2D eigenvalue weighted by atomic mass is 9.95. The van der Waals surface area contributed by atoms with Crippen LogP contribution in [0.1, 0.15) is 12.8 Å². The first-order chi connectivity index (χ1) is 11.6. The van der Waals surface area contributed by atoms with Gasteiger partial charge in [-0.2, -0.15) is 0 Å². The quantitative estimate of drug-likeness (QED) is 0.877. The van der Waals surface area contributed by atoms with E-state index in [1.807, 2.05) is 54.4 Å². The maximum absolute atomic E-state index is 12.8. The Kier molecular flexibility index (Phi) is 3.63. The maximum atomic E-state index is 12.8. The molecule has 5 heteroatoms. The Morgan fingerprint density at radius 3 is 2.75 bits per heavy atom. The molecule has 0 aromatic heterocycles. The van der Waals surface area contributed by atoms with Gasteiger partial charge in [-0.15, -0.1) is 0 Å². The van der Waals surface area contributed by atoms with E-state index in [1.54, 1.807) is 4.90 Å². The molecular weight excluding hydrogens is 302 g/mol. The number of carbonyl (C=O) groups excluding carboxylic acids is 2. The molecule has 3 aliphatic heterocycles. The van der Waals surface area contributed by atoms with Gasteiger partial charge in [0.05, 0.1) is 11.6 Å². The molecule has 0 aliphatic carbocycles. The summed E-state index contributed by atoms with van der Waals surface area (Å²) in [6.07, 6.45) is 1.86. The van der Waals surface area contributed by atoms with E-state index in [0.717, 1.165) is 29.3 Å². The number of anilines is 1. The molecule has 3 aliphatic rings. The summed E-state index contributed by atoms with van der Waals surface area (Å²) in [6.45, 7) is 1.12. The van der Waals surface area contributed by atoms with E-state index in [0.29, 0.717) is 13.1 Å². The normalized spacial score (nSPS) is 23.5. The number of hydrogen-bond acceptors (Lipinski definition) is 2. The number of benzene rings is 2. The minimum atomic E-state index is -0.119. The first kappa shape index (κ1) is 15.0. The first-order valence-corrected chi connectivity index (χ1v) is 8.44. The minimum absolute atomic E-state index is 0.0629. The Balaban J connectivity index is 1.57. The fourth-order valence-corrected chi connectivity index (χ4v) is 3.85. The number of hydrogen-bond donors (Lipinski definition) is 1. The van der Waals surface area contributed by atoms with Crippen molar-refractivity contribution in [1.29, 1.82) is 0 Å². The summed E-state index contributed by atoms with van der Waals surface area (Å²) >= 11 is 0. The highest BCUT2D eigenvalue weighted by atomic mass is 16.2. The van der Waals surface area contributed by atoms with Crippen molar-refractivity contribution in [3.05, 3.63) is 42.5 Å². The largest absolute Gasteiger partial charge is 0.341 e. The third-order valence-corrected chi connectivity index (χ3v) is 5.28. The van der Waals surface area contributed by atoms with E-state index < -0.39 is 0 Å². The first-order valence-electron chi connectivity index (χ1n) is 8.44. The van der Waals surface area contributed by atoms with Crippen LogP contribution in [0.5, 0.6) is 0 Å². The van der Waals surface area contributed by atoms with Crippen LogP contribution in [0.2, 0.25) is 0 Å². The summed E-state index contributed by atoms with van der Waals surface area (Å²) in [5.41, 5.74) is 0.814. The Bertz CT molecular complexity index is 799. The smallest absolute Gasteiger partial charge is 0.321 e. The fraction of sp³-hybridized carbons (Fsp3) is 0.368. The van der Waals surface area contributed by atoms with Crippen molar-refractivity contribution < 1.29 is 9.59 Å². The average Bonchev–Trinajstić information content (AvgIpc) is 2.89. The number of fused-ring (bicyclic) bond motifs is 5. The van der Waals surface area contributed by atoms with Gasteiger partial charge >= 0.3 is 6.03 Å². The van der Waals surface area contributed by atoms with E-state index in [1.165, 1.54) is 0 Å². The van der Waals surface area contributed by atoms with E-state index >= 15 is 0 Å². The van der Waals surface area contributed by atoms with Gasteiger partial charge in [0.15, 0.2) is 0 Å². The van der Waals surface area contributed by atoms with Gasteiger partial charge in [0, 0.05) is 31.6 Å². The standard InChI is InChI=1S/C19H21N3O2/c1-21-15-10-9-14(18(21)23)11-22(12-15)19(24)20-17-8-4-6-13-5-2-3-7-16(13)17/h2-8,14-15H,9-12H2,1H3,(H,20,24)/t14-,15+/m0/s1. The number of amides is 3. The number of rotatable bonds is 1. The molecule has 3 saturated heterocycles. The Morgan fingerprint density at radius 1 is 1.08 bits per heavy atom. The Morgan fingerprint density at radius 2 is 1.88 bits per heavy atom. The second-order valence-electron chi connectivity index (χ2n) is 6.74. The second kappa shape index (κ2) is 5.82. The summed E-state index contributed by atoms with van der Waals surface area (Å²) in [5, 5.41) is 5.16. The molecule has 1 N–H and O–H groups in total. The molecule has 124 valence electrons. The molecular formula is C19H21N3O2. The number of piperidine rings is 1. The van der Waals surface area contributed by atoms with Crippen molar-refractivity contribution in [2.75, 3.05) is 25.5 Å². The van der Waals surface area contributed by atoms with Crippen molar-refractivity contribution in [2.24, 2.45) is 5.92 Å². The van der Waals surface area contributed by atoms with Crippen molar-refractivity contribution >= 4 is 28.4 Å². The van der Waals surface area contributed by atoms with Crippen LogP contribution in [0.3, 0.4) is 0 Å². The topological polar surface area (TPSA) is 52.7 Å². The maximum Gasteiger partial charge on any atom is 0.321 e. The van der Waals surface area contributed by atoms with Crippen LogP contribution in [0.15, 0.2) is 42.5 Å². The SMILES string of the molecule is CN1C(=O)[C@H]2CC[C@@H]1CN(C(=O)Nc1cccc3ccccc13)C2. The predicted molar refractivity (Wildman–Crippen MR) is 93.8 cm³/mol. The third-order valence-electron chi connectivity index (χ3n) is 5.28. The minimum Gasteiger partial charge on any atom is -0.341 e. The van der Waals surface area contributed by atoms with Crippen molar-refractivity contribution in [3.8, 4) is 0 Å². The molecule has 2 atom stereocenters. The van der Waals surface area contributed by atoms with Gasteiger partial charge in [-0.3, -0.25) is 4.79 Å². The monoisotopic (exact) mass is 323 g/mol. The van der Waals surface area contributed by atoms with Crippen LogP contribution < -0.4 is 5.32 Å². The highest BCUT2D eigenvalue weighted by Gasteiger charge is 2.40. The van der Waals surface area contributed by atoms with Crippen LogP contribution in [-0.2, 0) is 4.79 Å². The molecule has 2 aromatic carbocycles. The van der Waals surface area contributed by atoms with Crippen molar-refractivity contribution in [3.63, 3.8) is 0 Å². The molecule has 5 rings (SSSR count). The lowest BCUT2D eigenvalue weighted by Gasteiger charge is -2.32. The highest BCUT2D eigenvalue weighted by molar-refractivity contribution is 6.01. The van der Waals surface area contributed by atoms with Crippen LogP contribution >= 0.6 is 0 Å². The van der Waals surface area contributed by atoms with E-state index in [4.69, 9.17) is 0 Å². The molecule has 5 nitrogen and oxygen atoms in total. The van der Waals surface area contributed by atoms with Gasteiger partial charge in [-0.25, -0.2) is 4.79 Å². The molecule has 3 fully saturated rings. The van der Waals surface area contributed by atoms with Gasteiger partial charge in [-0.05, 0) is 24.3 Å². The van der Waals surface area contributed by atoms with Crippen LogP contribution in [0.4, 0.5) is 10.5 Å². The van der Waals surface area contributed by atoms with Crippen LogP contribution in [-0.4, -0.2) is 47.9 Å². The number of carbonyl (C=O) groups is 2. The zero-order valence-corrected chi connectivity index (χ0v) is 13.7. The van der Waals surface area contributed by atoms with Crippen molar-refractivity contribution in [2.45, 2.75) is 18.9 Å². The lowest BCUT2D eigenvalue weighted by molar-refractivity contribution is -0.138. The van der Waals surface area contributed by atoms with Crippen LogP contribution in [0.25, 0.3) is 10.8 Å². The zero-order valence-electron chi connectivity index (χ0n) is 13.7. The highest BCUT2D eigenvalue weighted by Crippen LogP contribution is 2.29. The molecule has 2 bridgehead atoms.